The van der Waals surface area contributed by atoms with Gasteiger partial charge in [0.15, 0.2) is 0 Å². The molecule has 0 aromatic carbocycles. The molecular weight excluding hydrogens is 266 g/mol. The number of hydrazine groups is 1. The van der Waals surface area contributed by atoms with Crippen LogP contribution >= 0.6 is 0 Å². The Balaban J connectivity index is 2.72. The lowest BCUT2D eigenvalue weighted by Gasteiger charge is -2.05. The molecule has 8 nitrogen and oxygen atoms in total. The third kappa shape index (κ3) is 4.34. The predicted octanol–water partition coefficient (Wildman–Crippen LogP) is -1.58. The molecule has 0 spiro atoms. The van der Waals surface area contributed by atoms with Crippen LogP contribution in [0, 0.1) is 0 Å². The van der Waals surface area contributed by atoms with Crippen molar-refractivity contribution in [2.75, 3.05) is 24.0 Å². The van der Waals surface area contributed by atoms with Gasteiger partial charge < -0.3 is 0 Å². The molecule has 0 saturated carbocycles. The summed E-state index contributed by atoms with van der Waals surface area (Å²) in [5.74, 6) is 5.42. The number of nitrogens with zero attached hydrogens (tertiary/aromatic N) is 2. The van der Waals surface area contributed by atoms with Crippen LogP contribution in [0.5, 0.6) is 0 Å². The molecule has 10 heteroatoms. The molecule has 17 heavy (non-hydrogen) atoms. The highest BCUT2D eigenvalue weighted by atomic mass is 32.2. The Morgan fingerprint density at radius 1 is 1.41 bits per heavy atom. The van der Waals surface area contributed by atoms with E-state index in [1.807, 2.05) is 0 Å². The highest BCUT2D eigenvalue weighted by Crippen LogP contribution is 2.06. The summed E-state index contributed by atoms with van der Waals surface area (Å²) in [6.07, 6.45) is 3.76. The molecule has 1 aromatic heterocycles. The number of rotatable bonds is 6. The minimum Gasteiger partial charge on any atom is -0.292 e. The second kappa shape index (κ2) is 6.00. The lowest BCUT2D eigenvalue weighted by molar-refractivity contribution is 0.583. The van der Waals surface area contributed by atoms with Crippen LogP contribution in [-0.2, 0) is 20.8 Å². The fourth-order valence-electron chi connectivity index (χ4n) is 0.933. The summed E-state index contributed by atoms with van der Waals surface area (Å²) in [6.45, 7) is 0.0995. The average Bonchev–Trinajstić information content (AvgIpc) is 2.28. The number of hydrogen-bond acceptors (Lipinski definition) is 7. The highest BCUT2D eigenvalue weighted by Gasteiger charge is 2.14. The first kappa shape index (κ1) is 14.0. The molecule has 4 N–H and O–H groups in total. The second-order valence-electron chi connectivity index (χ2n) is 3.06. The zero-order valence-corrected chi connectivity index (χ0v) is 10.7. The SMILES string of the molecule is CS(=O)CCNS(=O)(=O)c1cnc(NN)nc1. The molecule has 96 valence electrons. The van der Waals surface area contributed by atoms with E-state index in [-0.39, 0.29) is 23.1 Å². The first-order valence-corrected chi connectivity index (χ1v) is 7.75. The van der Waals surface area contributed by atoms with E-state index in [1.54, 1.807) is 0 Å². The van der Waals surface area contributed by atoms with Gasteiger partial charge >= 0.3 is 0 Å². The van der Waals surface area contributed by atoms with Gasteiger partial charge in [0.1, 0.15) is 4.90 Å². The summed E-state index contributed by atoms with van der Waals surface area (Å²) in [5, 5.41) is 0. The molecule has 0 bridgehead atoms. The molecule has 1 unspecified atom stereocenters. The van der Waals surface area contributed by atoms with Gasteiger partial charge in [0.25, 0.3) is 0 Å². The van der Waals surface area contributed by atoms with Crippen molar-refractivity contribution in [3.05, 3.63) is 12.4 Å². The van der Waals surface area contributed by atoms with Crippen molar-refractivity contribution in [2.45, 2.75) is 4.90 Å². The number of sulfonamides is 1. The van der Waals surface area contributed by atoms with Gasteiger partial charge in [-0.15, -0.1) is 0 Å². The maximum Gasteiger partial charge on any atom is 0.243 e. The first-order valence-electron chi connectivity index (χ1n) is 4.54. The molecule has 1 heterocycles. The minimum atomic E-state index is -3.66. The van der Waals surface area contributed by atoms with Gasteiger partial charge in [0.05, 0.1) is 12.4 Å². The standard InChI is InChI=1S/C7H13N5O3S2/c1-16(13)3-2-11-17(14,15)6-4-9-7(12-8)10-5-6/h4-5,11H,2-3,8H2,1H3,(H,9,10,12). The Kier molecular flexibility index (Phi) is 4.93. The largest absolute Gasteiger partial charge is 0.292 e. The maximum absolute atomic E-state index is 11.7. The Morgan fingerprint density at radius 2 is 2.00 bits per heavy atom. The maximum atomic E-state index is 11.7. The van der Waals surface area contributed by atoms with Crippen molar-refractivity contribution in [1.82, 2.24) is 14.7 Å². The normalized spacial score (nSPS) is 13.3. The van der Waals surface area contributed by atoms with Gasteiger partial charge in [0, 0.05) is 29.4 Å². The minimum absolute atomic E-state index is 0.0709. The number of hydrogen-bond donors (Lipinski definition) is 3. The Morgan fingerprint density at radius 3 is 2.47 bits per heavy atom. The van der Waals surface area contributed by atoms with Crippen LogP contribution in [0.3, 0.4) is 0 Å². The van der Waals surface area contributed by atoms with Crippen LogP contribution in [0.2, 0.25) is 0 Å². The summed E-state index contributed by atoms with van der Waals surface area (Å²) in [5.41, 5.74) is 2.19. The van der Waals surface area contributed by atoms with Gasteiger partial charge in [-0.2, -0.15) is 0 Å². The molecule has 0 aliphatic carbocycles. The summed E-state index contributed by atoms with van der Waals surface area (Å²) in [6, 6.07) is 0. The lowest BCUT2D eigenvalue weighted by atomic mass is 10.7. The van der Waals surface area contributed by atoms with Gasteiger partial charge in [-0.25, -0.2) is 29.0 Å². The van der Waals surface area contributed by atoms with Gasteiger partial charge in [-0.3, -0.25) is 9.63 Å². The van der Waals surface area contributed by atoms with E-state index >= 15 is 0 Å². The Bertz CT molecular complexity index is 487. The van der Waals surface area contributed by atoms with Gasteiger partial charge in [-0.1, -0.05) is 0 Å². The zero-order chi connectivity index (χ0) is 12.9. The molecule has 1 atom stereocenters. The van der Waals surface area contributed by atoms with Crippen molar-refractivity contribution < 1.29 is 12.6 Å². The van der Waals surface area contributed by atoms with E-state index in [0.717, 1.165) is 12.4 Å². The monoisotopic (exact) mass is 279 g/mol. The molecule has 0 aliphatic rings. The fraction of sp³-hybridized carbons (Fsp3) is 0.429. The van der Waals surface area contributed by atoms with Crippen molar-refractivity contribution in [3.8, 4) is 0 Å². The van der Waals surface area contributed by atoms with E-state index in [4.69, 9.17) is 5.84 Å². The van der Waals surface area contributed by atoms with Crippen LogP contribution in [0.4, 0.5) is 5.95 Å². The van der Waals surface area contributed by atoms with Crippen molar-refractivity contribution in [1.29, 1.82) is 0 Å². The molecule has 0 radical (unpaired) electrons. The van der Waals surface area contributed by atoms with E-state index in [1.165, 1.54) is 6.26 Å². The van der Waals surface area contributed by atoms with Crippen LogP contribution < -0.4 is 16.0 Å². The van der Waals surface area contributed by atoms with Crippen molar-refractivity contribution in [2.24, 2.45) is 5.84 Å². The van der Waals surface area contributed by atoms with E-state index in [0.29, 0.717) is 0 Å². The summed E-state index contributed by atoms with van der Waals surface area (Å²) >= 11 is 0. The summed E-state index contributed by atoms with van der Waals surface area (Å²) in [7, 11) is -4.71. The smallest absolute Gasteiger partial charge is 0.243 e. The zero-order valence-electron chi connectivity index (χ0n) is 9.08. The number of nitrogen functional groups attached to an aromatic ring is 1. The lowest BCUT2D eigenvalue weighted by Crippen LogP contribution is -2.28. The van der Waals surface area contributed by atoms with Crippen molar-refractivity contribution in [3.63, 3.8) is 0 Å². The van der Waals surface area contributed by atoms with Crippen molar-refractivity contribution >= 4 is 26.8 Å². The summed E-state index contributed by atoms with van der Waals surface area (Å²) in [4.78, 5) is 7.29. The number of anilines is 1. The summed E-state index contributed by atoms with van der Waals surface area (Å²) < 4.78 is 36.4. The molecule has 0 fully saturated rings. The molecule has 0 saturated heterocycles. The first-order chi connectivity index (χ1) is 7.95. The molecule has 0 amide bonds. The topological polar surface area (TPSA) is 127 Å². The Hall–Kier alpha value is -1.10. The second-order valence-corrected chi connectivity index (χ2v) is 6.38. The molecule has 0 aliphatic heterocycles. The molecule has 1 aromatic rings. The third-order valence-electron chi connectivity index (χ3n) is 1.75. The number of nitrogens with one attached hydrogen (secondary N) is 2. The fourth-order valence-corrected chi connectivity index (χ4v) is 2.37. The highest BCUT2D eigenvalue weighted by molar-refractivity contribution is 7.89. The molecule has 1 rings (SSSR count). The van der Waals surface area contributed by atoms with Crippen LogP contribution in [-0.4, -0.2) is 41.1 Å². The van der Waals surface area contributed by atoms with E-state index in [9.17, 15) is 12.6 Å². The number of nitrogens with two attached hydrogens (primary N) is 1. The van der Waals surface area contributed by atoms with E-state index in [2.05, 4.69) is 20.1 Å². The average molecular weight is 279 g/mol. The van der Waals surface area contributed by atoms with Crippen LogP contribution in [0.25, 0.3) is 0 Å². The van der Waals surface area contributed by atoms with E-state index < -0.39 is 20.8 Å². The quantitative estimate of drug-likeness (QED) is 0.423. The molecular formula is C7H13N5O3S2. The van der Waals surface area contributed by atoms with Gasteiger partial charge in [-0.05, 0) is 0 Å². The van der Waals surface area contributed by atoms with Crippen LogP contribution in [0.1, 0.15) is 0 Å². The van der Waals surface area contributed by atoms with Crippen LogP contribution in [0.15, 0.2) is 17.3 Å². The number of aromatic nitrogens is 2. The van der Waals surface area contributed by atoms with Gasteiger partial charge in [0.2, 0.25) is 16.0 Å². The predicted molar refractivity (Wildman–Crippen MR) is 64.0 cm³/mol. The third-order valence-corrected chi connectivity index (χ3v) is 3.94. The Labute approximate surface area is 102 Å².